The van der Waals surface area contributed by atoms with Crippen LogP contribution in [0.15, 0.2) is 35.3 Å². The highest BCUT2D eigenvalue weighted by atomic mass is 15.3. The first-order valence-corrected chi connectivity index (χ1v) is 6.31. The van der Waals surface area contributed by atoms with Gasteiger partial charge < -0.3 is 10.6 Å². The van der Waals surface area contributed by atoms with Crippen molar-refractivity contribution in [1.29, 1.82) is 0 Å². The molecule has 0 radical (unpaired) electrons. The maximum absolute atomic E-state index is 6.07. The molecule has 0 aliphatic carbocycles. The fraction of sp³-hybridized carbons (Fsp3) is 0.500. The smallest absolute Gasteiger partial charge is 0.196 e. The highest BCUT2D eigenvalue weighted by Crippen LogP contribution is 2.14. The Bertz CT molecular complexity index is 344. The van der Waals surface area contributed by atoms with E-state index in [-0.39, 0.29) is 6.04 Å². The van der Waals surface area contributed by atoms with E-state index in [0.29, 0.717) is 5.96 Å². The van der Waals surface area contributed by atoms with E-state index in [2.05, 4.69) is 28.9 Å². The Kier molecular flexibility index (Phi) is 5.53. The number of guanidine groups is 1. The second-order valence-corrected chi connectivity index (χ2v) is 4.42. The van der Waals surface area contributed by atoms with Crippen molar-refractivity contribution in [2.45, 2.75) is 39.7 Å². The van der Waals surface area contributed by atoms with Gasteiger partial charge in [0.2, 0.25) is 0 Å². The standard InChI is InChI=1S/C14H23N3/c1-4-5-11-17(14(15)16-12(2)3)13-9-7-6-8-10-13/h6-10,12H,4-5,11H2,1-3H3,(H2,15,16). The van der Waals surface area contributed by atoms with E-state index < -0.39 is 0 Å². The SMILES string of the molecule is CCCCN(C(N)=NC(C)C)c1ccccc1. The summed E-state index contributed by atoms with van der Waals surface area (Å²) in [5.74, 6) is 0.611. The third kappa shape index (κ3) is 4.47. The van der Waals surface area contributed by atoms with E-state index in [1.165, 1.54) is 0 Å². The molecule has 17 heavy (non-hydrogen) atoms. The van der Waals surface area contributed by atoms with Gasteiger partial charge in [-0.3, -0.25) is 4.99 Å². The Labute approximate surface area is 104 Å². The van der Waals surface area contributed by atoms with Gasteiger partial charge in [0.05, 0.1) is 0 Å². The van der Waals surface area contributed by atoms with Crippen LogP contribution in [0.25, 0.3) is 0 Å². The summed E-state index contributed by atoms with van der Waals surface area (Å²) in [6.07, 6.45) is 2.27. The van der Waals surface area contributed by atoms with Crippen molar-refractivity contribution in [3.63, 3.8) is 0 Å². The number of hydrogen-bond donors (Lipinski definition) is 1. The molecule has 94 valence electrons. The van der Waals surface area contributed by atoms with Gasteiger partial charge in [0.1, 0.15) is 0 Å². The Balaban J connectivity index is 2.88. The molecule has 2 N–H and O–H groups in total. The van der Waals surface area contributed by atoms with Crippen LogP contribution in [0, 0.1) is 0 Å². The molecule has 0 heterocycles. The zero-order chi connectivity index (χ0) is 12.7. The number of unbranched alkanes of at least 4 members (excludes halogenated alkanes) is 1. The molecule has 1 rings (SSSR count). The third-order valence-electron chi connectivity index (χ3n) is 2.47. The monoisotopic (exact) mass is 233 g/mol. The average molecular weight is 233 g/mol. The highest BCUT2D eigenvalue weighted by Gasteiger charge is 2.09. The number of aliphatic imine (C=N–C) groups is 1. The molecule has 0 bridgehead atoms. The number of rotatable bonds is 5. The van der Waals surface area contributed by atoms with Crippen LogP contribution in [0.2, 0.25) is 0 Å². The van der Waals surface area contributed by atoms with Crippen LogP contribution in [-0.2, 0) is 0 Å². The minimum absolute atomic E-state index is 0.225. The zero-order valence-corrected chi connectivity index (χ0v) is 11.1. The fourth-order valence-electron chi connectivity index (χ4n) is 1.63. The van der Waals surface area contributed by atoms with Gasteiger partial charge in [-0.15, -0.1) is 0 Å². The molecular weight excluding hydrogens is 210 g/mol. The lowest BCUT2D eigenvalue weighted by Crippen LogP contribution is -2.38. The molecule has 3 nitrogen and oxygen atoms in total. The largest absolute Gasteiger partial charge is 0.370 e. The molecule has 1 aromatic carbocycles. The molecule has 1 aromatic rings. The zero-order valence-electron chi connectivity index (χ0n) is 11.1. The summed E-state index contributed by atoms with van der Waals surface area (Å²) in [5.41, 5.74) is 7.18. The van der Waals surface area contributed by atoms with Gasteiger partial charge in [-0.2, -0.15) is 0 Å². The maximum atomic E-state index is 6.07. The molecule has 0 atom stereocenters. The summed E-state index contributed by atoms with van der Waals surface area (Å²) >= 11 is 0. The number of benzene rings is 1. The van der Waals surface area contributed by atoms with E-state index in [9.17, 15) is 0 Å². The van der Waals surface area contributed by atoms with Crippen LogP contribution < -0.4 is 10.6 Å². The summed E-state index contributed by atoms with van der Waals surface area (Å²) in [4.78, 5) is 6.51. The van der Waals surface area contributed by atoms with Crippen LogP contribution in [0.3, 0.4) is 0 Å². The van der Waals surface area contributed by atoms with Crippen molar-refractivity contribution in [2.24, 2.45) is 10.7 Å². The van der Waals surface area contributed by atoms with E-state index in [1.54, 1.807) is 0 Å². The highest BCUT2D eigenvalue weighted by molar-refractivity contribution is 5.94. The number of nitrogens with zero attached hydrogens (tertiary/aromatic N) is 2. The third-order valence-corrected chi connectivity index (χ3v) is 2.47. The Morgan fingerprint density at radius 2 is 1.94 bits per heavy atom. The second-order valence-electron chi connectivity index (χ2n) is 4.42. The average Bonchev–Trinajstić information content (AvgIpc) is 2.30. The summed E-state index contributed by atoms with van der Waals surface area (Å²) in [5, 5.41) is 0. The molecule has 0 aromatic heterocycles. The Hall–Kier alpha value is -1.51. The van der Waals surface area contributed by atoms with Crippen LogP contribution >= 0.6 is 0 Å². The van der Waals surface area contributed by atoms with Gasteiger partial charge in [0.15, 0.2) is 5.96 Å². The van der Waals surface area contributed by atoms with Gasteiger partial charge in [0.25, 0.3) is 0 Å². The molecular formula is C14H23N3. The molecule has 0 spiro atoms. The maximum Gasteiger partial charge on any atom is 0.196 e. The predicted molar refractivity (Wildman–Crippen MR) is 75.5 cm³/mol. The summed E-state index contributed by atoms with van der Waals surface area (Å²) in [6, 6.07) is 10.4. The number of hydrogen-bond acceptors (Lipinski definition) is 1. The summed E-state index contributed by atoms with van der Waals surface area (Å²) < 4.78 is 0. The van der Waals surface area contributed by atoms with Crippen molar-refractivity contribution in [3.8, 4) is 0 Å². The van der Waals surface area contributed by atoms with E-state index in [1.807, 2.05) is 32.0 Å². The first-order chi connectivity index (χ1) is 8.15. The molecule has 0 aliphatic heterocycles. The molecule has 0 saturated carbocycles. The normalized spacial score (nSPS) is 11.9. The Morgan fingerprint density at radius 1 is 1.29 bits per heavy atom. The van der Waals surface area contributed by atoms with Crippen LogP contribution in [0.1, 0.15) is 33.6 Å². The van der Waals surface area contributed by atoms with Crippen LogP contribution in [-0.4, -0.2) is 18.5 Å². The minimum Gasteiger partial charge on any atom is -0.370 e. The van der Waals surface area contributed by atoms with Crippen LogP contribution in [0.4, 0.5) is 5.69 Å². The first kappa shape index (κ1) is 13.6. The van der Waals surface area contributed by atoms with Crippen molar-refractivity contribution in [3.05, 3.63) is 30.3 Å². The molecule has 0 saturated heterocycles. The quantitative estimate of drug-likeness (QED) is 0.627. The van der Waals surface area contributed by atoms with Gasteiger partial charge in [-0.05, 0) is 32.4 Å². The molecule has 0 aliphatic rings. The van der Waals surface area contributed by atoms with Gasteiger partial charge in [0, 0.05) is 18.3 Å². The van der Waals surface area contributed by atoms with Gasteiger partial charge in [-0.25, -0.2) is 0 Å². The summed E-state index contributed by atoms with van der Waals surface area (Å²) in [6.45, 7) is 7.17. The van der Waals surface area contributed by atoms with Crippen molar-refractivity contribution in [1.82, 2.24) is 0 Å². The fourth-order valence-corrected chi connectivity index (χ4v) is 1.63. The lowest BCUT2D eigenvalue weighted by Gasteiger charge is -2.24. The molecule has 0 unspecified atom stereocenters. The molecule has 3 heteroatoms. The second kappa shape index (κ2) is 6.94. The molecule has 0 fully saturated rings. The first-order valence-electron chi connectivity index (χ1n) is 6.31. The number of nitrogens with two attached hydrogens (primary N) is 1. The van der Waals surface area contributed by atoms with Crippen molar-refractivity contribution >= 4 is 11.6 Å². The van der Waals surface area contributed by atoms with E-state index >= 15 is 0 Å². The van der Waals surface area contributed by atoms with Crippen molar-refractivity contribution in [2.75, 3.05) is 11.4 Å². The lowest BCUT2D eigenvalue weighted by molar-refractivity contribution is 0.777. The van der Waals surface area contributed by atoms with E-state index in [0.717, 1.165) is 25.1 Å². The van der Waals surface area contributed by atoms with E-state index in [4.69, 9.17) is 5.73 Å². The summed E-state index contributed by atoms with van der Waals surface area (Å²) in [7, 11) is 0. The topological polar surface area (TPSA) is 41.6 Å². The van der Waals surface area contributed by atoms with Crippen LogP contribution in [0.5, 0.6) is 0 Å². The number of para-hydroxylation sites is 1. The number of anilines is 1. The lowest BCUT2D eigenvalue weighted by atomic mass is 10.2. The minimum atomic E-state index is 0.225. The molecule has 0 amide bonds. The van der Waals surface area contributed by atoms with Crippen molar-refractivity contribution < 1.29 is 0 Å². The Morgan fingerprint density at radius 3 is 2.47 bits per heavy atom. The predicted octanol–water partition coefficient (Wildman–Crippen LogP) is 3.02. The van der Waals surface area contributed by atoms with Gasteiger partial charge >= 0.3 is 0 Å². The van der Waals surface area contributed by atoms with Gasteiger partial charge in [-0.1, -0.05) is 31.5 Å².